The molecule has 1 fully saturated rings. The second kappa shape index (κ2) is 7.86. The van der Waals surface area contributed by atoms with Gasteiger partial charge in [0, 0.05) is 13.0 Å². The van der Waals surface area contributed by atoms with Gasteiger partial charge in [0.25, 0.3) is 5.91 Å². The zero-order chi connectivity index (χ0) is 18.6. The molecule has 8 heteroatoms. The molecule has 3 amide bonds. The summed E-state index contributed by atoms with van der Waals surface area (Å²) in [4.78, 5) is 36.7. The SMILES string of the molecule is COc1ccc(COC(=O)CCCN2C(=O)NC(C)(C)C2=O)cc1Br. The lowest BCUT2D eigenvalue weighted by atomic mass is 10.1. The summed E-state index contributed by atoms with van der Waals surface area (Å²) in [7, 11) is 1.58. The van der Waals surface area contributed by atoms with Crippen LogP contribution in [0.4, 0.5) is 4.79 Å². The summed E-state index contributed by atoms with van der Waals surface area (Å²) in [6.45, 7) is 3.64. The zero-order valence-corrected chi connectivity index (χ0v) is 16.0. The van der Waals surface area contributed by atoms with E-state index < -0.39 is 11.6 Å². The number of methoxy groups -OCH3 is 1. The van der Waals surface area contributed by atoms with Crippen molar-refractivity contribution in [3.63, 3.8) is 0 Å². The molecule has 2 rings (SSSR count). The van der Waals surface area contributed by atoms with Gasteiger partial charge in [0.2, 0.25) is 0 Å². The molecule has 0 spiro atoms. The van der Waals surface area contributed by atoms with Crippen molar-refractivity contribution >= 4 is 33.8 Å². The summed E-state index contributed by atoms with van der Waals surface area (Å²) in [6.07, 6.45) is 0.495. The minimum Gasteiger partial charge on any atom is -0.496 e. The number of urea groups is 1. The summed E-state index contributed by atoms with van der Waals surface area (Å²) in [6, 6.07) is 4.99. The first-order valence-electron chi connectivity index (χ1n) is 7.87. The van der Waals surface area contributed by atoms with Crippen LogP contribution in [0.3, 0.4) is 0 Å². The van der Waals surface area contributed by atoms with E-state index in [4.69, 9.17) is 9.47 Å². The highest BCUT2D eigenvalue weighted by Gasteiger charge is 2.43. The molecule has 0 bridgehead atoms. The van der Waals surface area contributed by atoms with Crippen LogP contribution in [0.1, 0.15) is 32.3 Å². The minimum absolute atomic E-state index is 0.134. The summed E-state index contributed by atoms with van der Waals surface area (Å²) in [5, 5.41) is 2.60. The Labute approximate surface area is 154 Å². The van der Waals surface area contributed by atoms with Gasteiger partial charge in [-0.15, -0.1) is 0 Å². The number of hydrogen-bond acceptors (Lipinski definition) is 5. The van der Waals surface area contributed by atoms with E-state index in [1.807, 2.05) is 12.1 Å². The normalized spacial score (nSPS) is 15.9. The van der Waals surface area contributed by atoms with Crippen molar-refractivity contribution in [1.82, 2.24) is 10.2 Å². The molecular weight excluding hydrogens is 392 g/mol. The molecule has 1 N–H and O–H groups in total. The topological polar surface area (TPSA) is 84.9 Å². The Kier molecular flexibility index (Phi) is 6.05. The number of rotatable bonds is 7. The van der Waals surface area contributed by atoms with E-state index in [2.05, 4.69) is 21.2 Å². The molecule has 0 aliphatic carbocycles. The Morgan fingerprint density at radius 1 is 1.32 bits per heavy atom. The second-order valence-electron chi connectivity index (χ2n) is 6.25. The average Bonchev–Trinajstić information content (AvgIpc) is 2.74. The molecule has 0 aromatic heterocycles. The number of halogens is 1. The highest BCUT2D eigenvalue weighted by Crippen LogP contribution is 2.25. The van der Waals surface area contributed by atoms with E-state index in [0.717, 1.165) is 14.9 Å². The predicted octanol–water partition coefficient (Wildman–Crippen LogP) is 2.61. The molecular formula is C17H21BrN2O5. The van der Waals surface area contributed by atoms with Gasteiger partial charge >= 0.3 is 12.0 Å². The fourth-order valence-corrected chi connectivity index (χ4v) is 3.03. The first kappa shape index (κ1) is 19.2. The Morgan fingerprint density at radius 3 is 2.60 bits per heavy atom. The monoisotopic (exact) mass is 412 g/mol. The molecule has 0 atom stereocenters. The van der Waals surface area contributed by atoms with Gasteiger partial charge in [-0.3, -0.25) is 14.5 Å². The van der Waals surface area contributed by atoms with Crippen molar-refractivity contribution in [3.05, 3.63) is 28.2 Å². The molecule has 0 saturated carbocycles. The fraction of sp³-hybridized carbons (Fsp3) is 0.471. The molecule has 0 radical (unpaired) electrons. The lowest BCUT2D eigenvalue weighted by Crippen LogP contribution is -2.40. The van der Waals surface area contributed by atoms with Gasteiger partial charge in [0.1, 0.15) is 17.9 Å². The number of nitrogens with zero attached hydrogens (tertiary/aromatic N) is 1. The van der Waals surface area contributed by atoms with Gasteiger partial charge in [0.15, 0.2) is 0 Å². The number of benzene rings is 1. The quantitative estimate of drug-likeness (QED) is 0.549. The maximum Gasteiger partial charge on any atom is 0.325 e. The summed E-state index contributed by atoms with van der Waals surface area (Å²) < 4.78 is 11.1. The molecule has 7 nitrogen and oxygen atoms in total. The van der Waals surface area contributed by atoms with E-state index in [0.29, 0.717) is 12.2 Å². The molecule has 25 heavy (non-hydrogen) atoms. The summed E-state index contributed by atoms with van der Waals surface area (Å²) >= 11 is 3.37. The van der Waals surface area contributed by atoms with E-state index in [-0.39, 0.29) is 31.4 Å². The number of esters is 1. The Morgan fingerprint density at radius 2 is 2.04 bits per heavy atom. The lowest BCUT2D eigenvalue weighted by molar-refractivity contribution is -0.145. The van der Waals surface area contributed by atoms with Gasteiger partial charge < -0.3 is 14.8 Å². The van der Waals surface area contributed by atoms with Gasteiger partial charge in [-0.1, -0.05) is 6.07 Å². The minimum atomic E-state index is -0.890. The summed E-state index contributed by atoms with van der Waals surface area (Å²) in [5.74, 6) is 0.0405. The van der Waals surface area contributed by atoms with Crippen molar-refractivity contribution in [1.29, 1.82) is 0 Å². The van der Waals surface area contributed by atoms with Gasteiger partial charge in [-0.2, -0.15) is 0 Å². The van der Waals surface area contributed by atoms with E-state index in [1.165, 1.54) is 0 Å². The van der Waals surface area contributed by atoms with Gasteiger partial charge in [-0.05, 0) is 53.9 Å². The van der Waals surface area contributed by atoms with Crippen molar-refractivity contribution < 1.29 is 23.9 Å². The van der Waals surface area contributed by atoms with E-state index in [9.17, 15) is 14.4 Å². The molecule has 1 aromatic carbocycles. The highest BCUT2D eigenvalue weighted by molar-refractivity contribution is 9.10. The van der Waals surface area contributed by atoms with Crippen LogP contribution in [0, 0.1) is 0 Å². The number of ether oxygens (including phenoxy) is 2. The fourth-order valence-electron chi connectivity index (χ4n) is 2.44. The molecule has 1 aliphatic heterocycles. The number of amides is 3. The third-order valence-corrected chi connectivity index (χ3v) is 4.44. The van der Waals surface area contributed by atoms with Crippen molar-refractivity contribution in [2.45, 2.75) is 38.8 Å². The smallest absolute Gasteiger partial charge is 0.325 e. The van der Waals surface area contributed by atoms with Crippen LogP contribution in [0.15, 0.2) is 22.7 Å². The molecule has 1 heterocycles. The largest absolute Gasteiger partial charge is 0.496 e. The number of imide groups is 1. The van der Waals surface area contributed by atoms with E-state index in [1.54, 1.807) is 27.0 Å². The Balaban J connectivity index is 1.75. The number of carbonyl (C=O) groups is 3. The molecule has 1 aliphatic rings. The third-order valence-electron chi connectivity index (χ3n) is 3.82. The van der Waals surface area contributed by atoms with Crippen LogP contribution >= 0.6 is 15.9 Å². The summed E-state index contributed by atoms with van der Waals surface area (Å²) in [5.41, 5.74) is -0.0591. The second-order valence-corrected chi connectivity index (χ2v) is 7.10. The number of hydrogen-bond donors (Lipinski definition) is 1. The molecule has 1 aromatic rings. The Bertz CT molecular complexity index is 690. The van der Waals surface area contributed by atoms with Crippen LogP contribution in [0.2, 0.25) is 0 Å². The average molecular weight is 413 g/mol. The third kappa shape index (κ3) is 4.72. The standard InChI is InChI=1S/C17H21BrN2O5/c1-17(2)15(22)20(16(23)19-17)8-4-5-14(21)25-10-11-6-7-13(24-3)12(18)9-11/h6-7,9H,4-5,8,10H2,1-3H3,(H,19,23). The first-order valence-corrected chi connectivity index (χ1v) is 8.66. The number of carbonyl (C=O) groups excluding carboxylic acids is 3. The first-order chi connectivity index (χ1) is 11.7. The molecule has 136 valence electrons. The molecule has 0 unspecified atom stereocenters. The van der Waals surface area contributed by atoms with Crippen molar-refractivity contribution in [2.24, 2.45) is 0 Å². The van der Waals surface area contributed by atoms with Gasteiger partial charge in [-0.25, -0.2) is 4.79 Å². The van der Waals surface area contributed by atoms with Crippen LogP contribution in [0.25, 0.3) is 0 Å². The maximum atomic E-state index is 12.0. The highest BCUT2D eigenvalue weighted by atomic mass is 79.9. The number of nitrogens with one attached hydrogen (secondary N) is 1. The van der Waals surface area contributed by atoms with Gasteiger partial charge in [0.05, 0.1) is 11.6 Å². The van der Waals surface area contributed by atoms with Crippen LogP contribution in [0.5, 0.6) is 5.75 Å². The van der Waals surface area contributed by atoms with Crippen LogP contribution < -0.4 is 10.1 Å². The van der Waals surface area contributed by atoms with Crippen LogP contribution in [-0.4, -0.2) is 42.0 Å². The van der Waals surface area contributed by atoms with Crippen LogP contribution in [-0.2, 0) is 20.9 Å². The zero-order valence-electron chi connectivity index (χ0n) is 14.4. The lowest BCUT2D eigenvalue weighted by Gasteiger charge is -2.15. The molecule has 1 saturated heterocycles. The van der Waals surface area contributed by atoms with Crippen molar-refractivity contribution in [2.75, 3.05) is 13.7 Å². The predicted molar refractivity (Wildman–Crippen MR) is 94.0 cm³/mol. The van der Waals surface area contributed by atoms with E-state index >= 15 is 0 Å². The van der Waals surface area contributed by atoms with Crippen molar-refractivity contribution in [3.8, 4) is 5.75 Å². The Hall–Kier alpha value is -2.09. The maximum absolute atomic E-state index is 12.0.